The minimum absolute atomic E-state index is 0.281. The molecule has 0 radical (unpaired) electrons. The molecule has 0 amide bonds. The van der Waals surface area contributed by atoms with Crippen molar-refractivity contribution in [2.45, 2.75) is 32.4 Å². The first-order chi connectivity index (χ1) is 6.21. The average Bonchev–Trinajstić information content (AvgIpc) is 2.01. The predicted molar refractivity (Wildman–Crippen MR) is 45.7 cm³/mol. The van der Waals surface area contributed by atoms with Crippen molar-refractivity contribution in [3.63, 3.8) is 0 Å². The quantitative estimate of drug-likeness (QED) is 0.649. The fourth-order valence-corrected chi connectivity index (χ4v) is 0.883. The number of rotatable bonds is 0. The molecule has 1 rings (SSSR count). The SMILES string of the molecule is CC(C)(C)c1ccc(C(F)(F)F)nn1. The van der Waals surface area contributed by atoms with Crippen LogP contribution in [0.5, 0.6) is 0 Å². The molecule has 0 bridgehead atoms. The second-order valence-corrected chi connectivity index (χ2v) is 4.05. The topological polar surface area (TPSA) is 25.8 Å². The monoisotopic (exact) mass is 204 g/mol. The van der Waals surface area contributed by atoms with Crippen molar-refractivity contribution in [1.29, 1.82) is 0 Å². The molecule has 0 fully saturated rings. The molecule has 1 aromatic heterocycles. The summed E-state index contributed by atoms with van der Waals surface area (Å²) in [6.07, 6.45) is -4.41. The van der Waals surface area contributed by atoms with Gasteiger partial charge in [0.15, 0.2) is 5.69 Å². The molecule has 5 heteroatoms. The maximum Gasteiger partial charge on any atom is 0.435 e. The van der Waals surface area contributed by atoms with Crippen LogP contribution >= 0.6 is 0 Å². The first kappa shape index (κ1) is 10.9. The van der Waals surface area contributed by atoms with Crippen molar-refractivity contribution in [3.05, 3.63) is 23.5 Å². The van der Waals surface area contributed by atoms with Crippen molar-refractivity contribution < 1.29 is 13.2 Å². The molecule has 1 aromatic rings. The van der Waals surface area contributed by atoms with Gasteiger partial charge < -0.3 is 0 Å². The minimum atomic E-state index is -4.41. The molecule has 0 saturated heterocycles. The van der Waals surface area contributed by atoms with Crippen LogP contribution in [0.1, 0.15) is 32.2 Å². The molecule has 0 aromatic carbocycles. The zero-order valence-corrected chi connectivity index (χ0v) is 8.18. The molecule has 0 aliphatic rings. The Bertz CT molecular complexity index is 275. The number of alkyl halides is 3. The van der Waals surface area contributed by atoms with Gasteiger partial charge in [-0.15, -0.1) is 5.10 Å². The molecule has 0 saturated carbocycles. The smallest absolute Gasteiger partial charge is 0.164 e. The largest absolute Gasteiger partial charge is 0.435 e. The Morgan fingerprint density at radius 1 is 0.929 bits per heavy atom. The van der Waals surface area contributed by atoms with E-state index in [-0.39, 0.29) is 5.41 Å². The highest BCUT2D eigenvalue weighted by Gasteiger charge is 2.33. The third-order valence-corrected chi connectivity index (χ3v) is 1.72. The lowest BCUT2D eigenvalue weighted by Crippen LogP contribution is -2.17. The van der Waals surface area contributed by atoms with Gasteiger partial charge >= 0.3 is 6.18 Å². The van der Waals surface area contributed by atoms with Crippen LogP contribution in [0.3, 0.4) is 0 Å². The van der Waals surface area contributed by atoms with Gasteiger partial charge in [-0.3, -0.25) is 0 Å². The van der Waals surface area contributed by atoms with E-state index in [0.29, 0.717) is 5.69 Å². The molecule has 0 aliphatic heterocycles. The second-order valence-electron chi connectivity index (χ2n) is 4.05. The molecule has 1 heterocycles. The second kappa shape index (κ2) is 3.22. The fourth-order valence-electron chi connectivity index (χ4n) is 0.883. The van der Waals surface area contributed by atoms with E-state index in [1.165, 1.54) is 6.07 Å². The molecule has 78 valence electrons. The van der Waals surface area contributed by atoms with Gasteiger partial charge in [0.2, 0.25) is 0 Å². The van der Waals surface area contributed by atoms with Crippen LogP contribution in [0.2, 0.25) is 0 Å². The normalized spacial score (nSPS) is 13.0. The zero-order chi connectivity index (χ0) is 11.0. The summed E-state index contributed by atoms with van der Waals surface area (Å²) < 4.78 is 36.3. The standard InChI is InChI=1S/C9H11F3N2/c1-8(2,3)6-4-5-7(14-13-6)9(10,11)12/h4-5H,1-3H3. The van der Waals surface area contributed by atoms with Crippen LogP contribution in [0.4, 0.5) is 13.2 Å². The highest BCUT2D eigenvalue weighted by molar-refractivity contribution is 5.15. The summed E-state index contributed by atoms with van der Waals surface area (Å²) in [7, 11) is 0. The highest BCUT2D eigenvalue weighted by Crippen LogP contribution is 2.28. The van der Waals surface area contributed by atoms with Gasteiger partial charge in [-0.05, 0) is 12.1 Å². The maximum absolute atomic E-state index is 12.1. The van der Waals surface area contributed by atoms with Gasteiger partial charge in [-0.25, -0.2) is 0 Å². The average molecular weight is 204 g/mol. The van der Waals surface area contributed by atoms with E-state index in [1.54, 1.807) is 0 Å². The van der Waals surface area contributed by atoms with Crippen molar-refractivity contribution in [2.75, 3.05) is 0 Å². The van der Waals surface area contributed by atoms with Crippen molar-refractivity contribution >= 4 is 0 Å². The molecule has 14 heavy (non-hydrogen) atoms. The lowest BCUT2D eigenvalue weighted by atomic mass is 9.92. The van der Waals surface area contributed by atoms with Crippen molar-refractivity contribution in [1.82, 2.24) is 10.2 Å². The molecular formula is C9H11F3N2. The van der Waals surface area contributed by atoms with E-state index < -0.39 is 11.9 Å². The highest BCUT2D eigenvalue weighted by atomic mass is 19.4. The summed E-state index contributed by atoms with van der Waals surface area (Å²) in [6, 6.07) is 2.31. The van der Waals surface area contributed by atoms with Crippen LogP contribution in [0.25, 0.3) is 0 Å². The number of hydrogen-bond donors (Lipinski definition) is 0. The third kappa shape index (κ3) is 2.43. The van der Waals surface area contributed by atoms with Gasteiger partial charge in [0.05, 0.1) is 5.69 Å². The van der Waals surface area contributed by atoms with E-state index in [2.05, 4.69) is 10.2 Å². The molecule has 0 spiro atoms. The summed E-state index contributed by atoms with van der Waals surface area (Å²) in [5.74, 6) is 0. The Morgan fingerprint density at radius 3 is 1.64 bits per heavy atom. The van der Waals surface area contributed by atoms with Gasteiger partial charge in [0, 0.05) is 5.41 Å². The minimum Gasteiger partial charge on any atom is -0.164 e. The molecular weight excluding hydrogens is 193 g/mol. The van der Waals surface area contributed by atoms with Gasteiger partial charge in [0.25, 0.3) is 0 Å². The lowest BCUT2D eigenvalue weighted by Gasteiger charge is -2.16. The summed E-state index contributed by atoms with van der Waals surface area (Å²) in [5.41, 5.74) is -0.687. The maximum atomic E-state index is 12.1. The molecule has 0 unspecified atom stereocenters. The summed E-state index contributed by atoms with van der Waals surface area (Å²) in [6.45, 7) is 5.60. The molecule has 0 aliphatic carbocycles. The fraction of sp³-hybridized carbons (Fsp3) is 0.556. The van der Waals surface area contributed by atoms with E-state index in [0.717, 1.165) is 6.07 Å². The third-order valence-electron chi connectivity index (χ3n) is 1.72. The zero-order valence-electron chi connectivity index (χ0n) is 8.18. The lowest BCUT2D eigenvalue weighted by molar-refractivity contribution is -0.141. The number of nitrogens with zero attached hydrogens (tertiary/aromatic N) is 2. The Morgan fingerprint density at radius 2 is 1.36 bits per heavy atom. The molecule has 0 atom stereocenters. The van der Waals surface area contributed by atoms with E-state index in [4.69, 9.17) is 0 Å². The van der Waals surface area contributed by atoms with Crippen LogP contribution < -0.4 is 0 Å². The molecule has 0 N–H and O–H groups in total. The van der Waals surface area contributed by atoms with Crippen molar-refractivity contribution in [2.24, 2.45) is 0 Å². The molecule has 2 nitrogen and oxygen atoms in total. The van der Waals surface area contributed by atoms with Gasteiger partial charge in [0.1, 0.15) is 0 Å². The van der Waals surface area contributed by atoms with E-state index in [1.807, 2.05) is 20.8 Å². The van der Waals surface area contributed by atoms with E-state index in [9.17, 15) is 13.2 Å². The van der Waals surface area contributed by atoms with Crippen molar-refractivity contribution in [3.8, 4) is 0 Å². The number of hydrogen-bond acceptors (Lipinski definition) is 2. The van der Waals surface area contributed by atoms with Crippen LogP contribution in [-0.2, 0) is 11.6 Å². The Labute approximate surface area is 80.2 Å². The number of halogens is 3. The predicted octanol–water partition coefficient (Wildman–Crippen LogP) is 2.79. The first-order valence-corrected chi connectivity index (χ1v) is 4.12. The Balaban J connectivity index is 3.02. The van der Waals surface area contributed by atoms with Gasteiger partial charge in [-0.1, -0.05) is 20.8 Å². The Kier molecular flexibility index (Phi) is 2.52. The number of aromatic nitrogens is 2. The van der Waals surface area contributed by atoms with Crippen LogP contribution in [0.15, 0.2) is 12.1 Å². The summed E-state index contributed by atoms with van der Waals surface area (Å²) in [4.78, 5) is 0. The first-order valence-electron chi connectivity index (χ1n) is 4.12. The van der Waals surface area contributed by atoms with Crippen LogP contribution in [-0.4, -0.2) is 10.2 Å². The van der Waals surface area contributed by atoms with E-state index >= 15 is 0 Å². The summed E-state index contributed by atoms with van der Waals surface area (Å²) >= 11 is 0. The summed E-state index contributed by atoms with van der Waals surface area (Å²) in [5, 5.41) is 6.69. The van der Waals surface area contributed by atoms with Crippen LogP contribution in [0, 0.1) is 0 Å². The Hall–Kier alpha value is -1.13. The van der Waals surface area contributed by atoms with Gasteiger partial charge in [-0.2, -0.15) is 18.3 Å².